The van der Waals surface area contributed by atoms with E-state index in [1.165, 1.54) is 6.42 Å². The van der Waals surface area contributed by atoms with E-state index >= 15 is 0 Å². The van der Waals surface area contributed by atoms with E-state index in [2.05, 4.69) is 41.6 Å². The van der Waals surface area contributed by atoms with Crippen LogP contribution in [0.25, 0.3) is 0 Å². The summed E-state index contributed by atoms with van der Waals surface area (Å²) in [5.74, 6) is 0. The largest absolute Gasteiger partial charge is 0.371 e. The van der Waals surface area contributed by atoms with Crippen molar-refractivity contribution >= 4 is 0 Å². The first-order chi connectivity index (χ1) is 5.84. The van der Waals surface area contributed by atoms with Crippen molar-refractivity contribution < 1.29 is 0 Å². The third-order valence-corrected chi connectivity index (χ3v) is 2.22. The smallest absolute Gasteiger partial charge is 0.0360 e. The van der Waals surface area contributed by atoms with Crippen molar-refractivity contribution in [1.29, 1.82) is 0 Å². The van der Waals surface area contributed by atoms with Crippen molar-refractivity contribution in [3.63, 3.8) is 0 Å². The fourth-order valence-corrected chi connectivity index (χ4v) is 1.33. The summed E-state index contributed by atoms with van der Waals surface area (Å²) in [5.41, 5.74) is 0. The molecule has 1 rings (SSSR count). The van der Waals surface area contributed by atoms with Crippen LogP contribution in [-0.4, -0.2) is 31.1 Å². The summed E-state index contributed by atoms with van der Waals surface area (Å²) in [4.78, 5) is 2.36. The second kappa shape index (κ2) is 4.99. The number of allylic oxidation sites excluding steroid dienone is 2. The second-order valence-corrected chi connectivity index (χ2v) is 3.21. The van der Waals surface area contributed by atoms with Crippen molar-refractivity contribution in [3.05, 3.63) is 24.4 Å². The van der Waals surface area contributed by atoms with Gasteiger partial charge in [0, 0.05) is 12.6 Å². The first-order valence-corrected chi connectivity index (χ1v) is 4.58. The lowest BCUT2D eigenvalue weighted by molar-refractivity contribution is 0.302. The number of nitrogens with zero attached hydrogens (tertiary/aromatic N) is 1. The molecule has 0 aromatic carbocycles. The molecule has 0 saturated heterocycles. The normalized spacial score (nSPS) is 18.3. The molecule has 0 aromatic rings. The molecule has 1 aliphatic heterocycles. The standard InChI is InChI=1S/C10H18N2/c1-10(6-7-11-2)12-8-4-3-5-9-12/h3-5,8,10-11H,6-7,9H2,1-2H3. The zero-order chi connectivity index (χ0) is 8.81. The summed E-state index contributed by atoms with van der Waals surface area (Å²) in [6.45, 7) is 4.41. The molecule has 0 amide bonds. The maximum Gasteiger partial charge on any atom is 0.0360 e. The molecule has 2 nitrogen and oxygen atoms in total. The highest BCUT2D eigenvalue weighted by atomic mass is 15.1. The lowest BCUT2D eigenvalue weighted by atomic mass is 10.2. The predicted octanol–water partition coefficient (Wildman–Crippen LogP) is 1.37. The third kappa shape index (κ3) is 2.70. The molecule has 0 radical (unpaired) electrons. The highest BCUT2D eigenvalue weighted by Gasteiger charge is 2.08. The monoisotopic (exact) mass is 166 g/mol. The van der Waals surface area contributed by atoms with Gasteiger partial charge in [0.15, 0.2) is 0 Å². The van der Waals surface area contributed by atoms with Gasteiger partial charge in [0.2, 0.25) is 0 Å². The van der Waals surface area contributed by atoms with Crippen molar-refractivity contribution in [2.75, 3.05) is 20.1 Å². The van der Waals surface area contributed by atoms with Crippen LogP contribution in [0.3, 0.4) is 0 Å². The quantitative estimate of drug-likeness (QED) is 0.678. The van der Waals surface area contributed by atoms with Gasteiger partial charge in [-0.25, -0.2) is 0 Å². The first-order valence-electron chi connectivity index (χ1n) is 4.58. The molecule has 1 aliphatic rings. The Hall–Kier alpha value is -0.760. The Bertz CT molecular complexity index is 173. The van der Waals surface area contributed by atoms with Gasteiger partial charge in [0.1, 0.15) is 0 Å². The summed E-state index contributed by atoms with van der Waals surface area (Å²) in [6, 6.07) is 0.638. The van der Waals surface area contributed by atoms with Crippen molar-refractivity contribution in [3.8, 4) is 0 Å². The van der Waals surface area contributed by atoms with Gasteiger partial charge in [-0.05, 0) is 39.2 Å². The summed E-state index contributed by atoms with van der Waals surface area (Å²) < 4.78 is 0. The highest BCUT2D eigenvalue weighted by Crippen LogP contribution is 2.07. The van der Waals surface area contributed by atoms with Crippen LogP contribution in [0.5, 0.6) is 0 Å². The van der Waals surface area contributed by atoms with Crippen molar-refractivity contribution in [2.45, 2.75) is 19.4 Å². The zero-order valence-electron chi connectivity index (χ0n) is 7.96. The molecule has 0 fully saturated rings. The number of rotatable bonds is 4. The summed E-state index contributed by atoms with van der Waals surface area (Å²) in [7, 11) is 2.00. The maximum atomic E-state index is 3.17. The SMILES string of the molecule is CNCCC(C)N1C=CC=CC1. The minimum atomic E-state index is 0.638. The molecule has 0 bridgehead atoms. The fraction of sp³-hybridized carbons (Fsp3) is 0.600. The number of nitrogens with one attached hydrogen (secondary N) is 1. The zero-order valence-corrected chi connectivity index (χ0v) is 7.96. The molecular formula is C10H18N2. The van der Waals surface area contributed by atoms with Gasteiger partial charge in [-0.15, -0.1) is 0 Å². The summed E-state index contributed by atoms with van der Waals surface area (Å²) in [5, 5.41) is 3.17. The lowest BCUT2D eigenvalue weighted by Crippen LogP contribution is -2.31. The van der Waals surface area contributed by atoms with Gasteiger partial charge in [-0.1, -0.05) is 12.2 Å². The van der Waals surface area contributed by atoms with E-state index in [0.29, 0.717) is 6.04 Å². The fourth-order valence-electron chi connectivity index (χ4n) is 1.33. The minimum Gasteiger partial charge on any atom is -0.371 e. The molecule has 12 heavy (non-hydrogen) atoms. The van der Waals surface area contributed by atoms with E-state index < -0.39 is 0 Å². The molecule has 68 valence electrons. The molecular weight excluding hydrogens is 148 g/mol. The Morgan fingerprint density at radius 1 is 1.50 bits per heavy atom. The van der Waals surface area contributed by atoms with Crippen LogP contribution in [0, 0.1) is 0 Å². The molecule has 0 spiro atoms. The molecule has 0 aliphatic carbocycles. The molecule has 0 aromatic heterocycles. The van der Waals surface area contributed by atoms with E-state index in [1.54, 1.807) is 0 Å². The van der Waals surface area contributed by atoms with Gasteiger partial charge in [-0.3, -0.25) is 0 Å². The Kier molecular flexibility index (Phi) is 3.88. The van der Waals surface area contributed by atoms with Crippen LogP contribution >= 0.6 is 0 Å². The summed E-state index contributed by atoms with van der Waals surface area (Å²) in [6.07, 6.45) is 9.76. The van der Waals surface area contributed by atoms with Gasteiger partial charge in [-0.2, -0.15) is 0 Å². The Morgan fingerprint density at radius 2 is 2.33 bits per heavy atom. The van der Waals surface area contributed by atoms with Crippen LogP contribution in [0.2, 0.25) is 0 Å². The first kappa shape index (κ1) is 9.33. The van der Waals surface area contributed by atoms with E-state index in [-0.39, 0.29) is 0 Å². The van der Waals surface area contributed by atoms with Gasteiger partial charge < -0.3 is 10.2 Å². The average molecular weight is 166 g/mol. The van der Waals surface area contributed by atoms with Crippen LogP contribution in [-0.2, 0) is 0 Å². The van der Waals surface area contributed by atoms with E-state index in [9.17, 15) is 0 Å². The molecule has 1 atom stereocenters. The Labute approximate surface area is 74.9 Å². The van der Waals surface area contributed by atoms with Crippen LogP contribution in [0.15, 0.2) is 24.4 Å². The molecule has 1 heterocycles. The van der Waals surface area contributed by atoms with Crippen LogP contribution in [0.1, 0.15) is 13.3 Å². The summed E-state index contributed by atoms with van der Waals surface area (Å²) >= 11 is 0. The minimum absolute atomic E-state index is 0.638. The van der Waals surface area contributed by atoms with Gasteiger partial charge in [0.25, 0.3) is 0 Å². The number of hydrogen-bond donors (Lipinski definition) is 1. The van der Waals surface area contributed by atoms with Crippen molar-refractivity contribution in [2.24, 2.45) is 0 Å². The Morgan fingerprint density at radius 3 is 2.92 bits per heavy atom. The third-order valence-electron chi connectivity index (χ3n) is 2.22. The van der Waals surface area contributed by atoms with E-state index in [0.717, 1.165) is 13.1 Å². The molecule has 1 unspecified atom stereocenters. The van der Waals surface area contributed by atoms with E-state index in [4.69, 9.17) is 0 Å². The topological polar surface area (TPSA) is 15.3 Å². The van der Waals surface area contributed by atoms with E-state index in [1.807, 2.05) is 7.05 Å². The predicted molar refractivity (Wildman–Crippen MR) is 53.0 cm³/mol. The van der Waals surface area contributed by atoms with Gasteiger partial charge in [0.05, 0.1) is 0 Å². The van der Waals surface area contributed by atoms with Crippen LogP contribution < -0.4 is 5.32 Å². The average Bonchev–Trinajstić information content (AvgIpc) is 2.15. The van der Waals surface area contributed by atoms with Crippen molar-refractivity contribution in [1.82, 2.24) is 10.2 Å². The highest BCUT2D eigenvalue weighted by molar-refractivity contribution is 5.09. The number of hydrogen-bond acceptors (Lipinski definition) is 2. The molecule has 2 heteroatoms. The van der Waals surface area contributed by atoms with Gasteiger partial charge >= 0.3 is 0 Å². The lowest BCUT2D eigenvalue weighted by Gasteiger charge is -2.27. The second-order valence-electron chi connectivity index (χ2n) is 3.21. The maximum absolute atomic E-state index is 3.17. The Balaban J connectivity index is 2.27. The molecule has 1 N–H and O–H groups in total. The van der Waals surface area contributed by atoms with Crippen LogP contribution in [0.4, 0.5) is 0 Å². The molecule has 0 saturated carbocycles.